The van der Waals surface area contributed by atoms with E-state index in [0.717, 1.165) is 18.1 Å². The highest BCUT2D eigenvalue weighted by molar-refractivity contribution is 7.99. The molecular formula is C10H19NO2S2. The van der Waals surface area contributed by atoms with Crippen LogP contribution in [0.15, 0.2) is 0 Å². The van der Waals surface area contributed by atoms with E-state index in [-0.39, 0.29) is 5.75 Å². The van der Waals surface area contributed by atoms with Crippen LogP contribution in [0.4, 0.5) is 0 Å². The quantitative estimate of drug-likeness (QED) is 0.484. The molecule has 3 nitrogen and oxygen atoms in total. The molecule has 0 aromatic rings. The van der Waals surface area contributed by atoms with Crippen molar-refractivity contribution in [3.05, 3.63) is 0 Å². The van der Waals surface area contributed by atoms with Crippen LogP contribution in [0.1, 0.15) is 13.3 Å². The molecule has 0 spiro atoms. The topological polar surface area (TPSA) is 46.2 Å². The van der Waals surface area contributed by atoms with E-state index in [1.165, 1.54) is 0 Å². The van der Waals surface area contributed by atoms with Gasteiger partial charge in [-0.05, 0) is 6.42 Å². The first-order valence-corrected chi connectivity index (χ1v) is 8.02. The molecule has 0 fully saturated rings. The van der Waals surface area contributed by atoms with E-state index in [1.807, 2.05) is 6.92 Å². The van der Waals surface area contributed by atoms with Gasteiger partial charge in [0.25, 0.3) is 0 Å². The van der Waals surface area contributed by atoms with Crippen LogP contribution in [0.5, 0.6) is 0 Å². The zero-order valence-corrected chi connectivity index (χ0v) is 10.8. The molecule has 0 amide bonds. The fraction of sp³-hybridized carbons (Fsp3) is 0.800. The number of terminal acetylenes is 1. The molecule has 15 heavy (non-hydrogen) atoms. The Morgan fingerprint density at radius 2 is 2.07 bits per heavy atom. The molecule has 1 N–H and O–H groups in total. The Morgan fingerprint density at radius 1 is 1.33 bits per heavy atom. The lowest BCUT2D eigenvalue weighted by molar-refractivity contribution is 0.591. The molecule has 0 aromatic heterocycles. The molecule has 0 rings (SSSR count). The normalized spacial score (nSPS) is 11.2. The van der Waals surface area contributed by atoms with E-state index in [2.05, 4.69) is 11.2 Å². The fourth-order valence-electron chi connectivity index (χ4n) is 1.04. The van der Waals surface area contributed by atoms with Gasteiger partial charge in [-0.1, -0.05) is 12.8 Å². The van der Waals surface area contributed by atoms with Crippen LogP contribution in [0, 0.1) is 12.3 Å². The van der Waals surface area contributed by atoms with Gasteiger partial charge in [0.05, 0.1) is 11.5 Å². The second-order valence-corrected chi connectivity index (χ2v) is 6.57. The summed E-state index contributed by atoms with van der Waals surface area (Å²) >= 11 is 1.67. The number of rotatable bonds is 9. The lowest BCUT2D eigenvalue weighted by Gasteiger charge is -2.04. The Morgan fingerprint density at radius 3 is 2.67 bits per heavy atom. The van der Waals surface area contributed by atoms with Gasteiger partial charge in [0.2, 0.25) is 0 Å². The van der Waals surface area contributed by atoms with Crippen LogP contribution >= 0.6 is 11.8 Å². The molecule has 0 aliphatic rings. The zero-order valence-electron chi connectivity index (χ0n) is 9.16. The Hall–Kier alpha value is -0.180. The van der Waals surface area contributed by atoms with Crippen molar-refractivity contribution < 1.29 is 8.42 Å². The summed E-state index contributed by atoms with van der Waals surface area (Å²) in [5, 5.41) is 3.09. The highest BCUT2D eigenvalue weighted by Gasteiger charge is 2.07. The van der Waals surface area contributed by atoms with Gasteiger partial charge in [0, 0.05) is 24.6 Å². The van der Waals surface area contributed by atoms with Crippen molar-refractivity contribution in [2.45, 2.75) is 13.3 Å². The maximum Gasteiger partial charge on any atom is 0.151 e. The molecule has 0 saturated carbocycles. The highest BCUT2D eigenvalue weighted by Crippen LogP contribution is 1.95. The Labute approximate surface area is 97.3 Å². The SMILES string of the molecule is C#CCSCCNCCS(=O)(=O)CCC. The zero-order chi connectivity index (χ0) is 11.6. The van der Waals surface area contributed by atoms with Crippen molar-refractivity contribution in [2.75, 3.05) is 36.1 Å². The molecule has 88 valence electrons. The first-order valence-electron chi connectivity index (χ1n) is 5.04. The lowest BCUT2D eigenvalue weighted by atomic mass is 10.6. The highest BCUT2D eigenvalue weighted by atomic mass is 32.2. The summed E-state index contributed by atoms with van der Waals surface area (Å²) in [5.74, 6) is 4.71. The average Bonchev–Trinajstić information content (AvgIpc) is 2.16. The molecule has 0 unspecified atom stereocenters. The van der Waals surface area contributed by atoms with Gasteiger partial charge < -0.3 is 5.32 Å². The monoisotopic (exact) mass is 249 g/mol. The molecule has 0 aliphatic carbocycles. The number of nitrogens with one attached hydrogen (secondary N) is 1. The predicted octanol–water partition coefficient (Wildman–Crippen LogP) is 0.767. The molecule has 0 bridgehead atoms. The van der Waals surface area contributed by atoms with Crippen LogP contribution in [0.25, 0.3) is 0 Å². The van der Waals surface area contributed by atoms with Crippen molar-refractivity contribution in [2.24, 2.45) is 0 Å². The third kappa shape index (κ3) is 10.1. The Kier molecular flexibility index (Phi) is 8.97. The average molecular weight is 249 g/mol. The summed E-state index contributed by atoms with van der Waals surface area (Å²) in [6.07, 6.45) is 5.78. The second kappa shape index (κ2) is 9.08. The van der Waals surface area contributed by atoms with Gasteiger partial charge in [-0.3, -0.25) is 0 Å². The van der Waals surface area contributed by atoms with E-state index >= 15 is 0 Å². The van der Waals surface area contributed by atoms with Gasteiger partial charge >= 0.3 is 0 Å². The number of thioether (sulfide) groups is 1. The second-order valence-electron chi connectivity index (χ2n) is 3.16. The maximum atomic E-state index is 11.3. The molecule has 0 heterocycles. The molecule has 0 aliphatic heterocycles. The molecule has 0 radical (unpaired) electrons. The minimum atomic E-state index is -2.83. The van der Waals surface area contributed by atoms with E-state index in [0.29, 0.717) is 18.7 Å². The smallest absolute Gasteiger partial charge is 0.151 e. The number of hydrogen-bond acceptors (Lipinski definition) is 4. The van der Waals surface area contributed by atoms with Crippen molar-refractivity contribution in [1.29, 1.82) is 0 Å². The van der Waals surface area contributed by atoms with Crippen molar-refractivity contribution >= 4 is 21.6 Å². The van der Waals surface area contributed by atoms with Crippen molar-refractivity contribution in [1.82, 2.24) is 5.32 Å². The van der Waals surface area contributed by atoms with Crippen LogP contribution in [0.2, 0.25) is 0 Å². The molecular weight excluding hydrogens is 230 g/mol. The summed E-state index contributed by atoms with van der Waals surface area (Å²) in [4.78, 5) is 0. The summed E-state index contributed by atoms with van der Waals surface area (Å²) < 4.78 is 22.6. The van der Waals surface area contributed by atoms with Crippen LogP contribution < -0.4 is 5.32 Å². The van der Waals surface area contributed by atoms with E-state index in [1.54, 1.807) is 11.8 Å². The maximum absolute atomic E-state index is 11.3. The first-order chi connectivity index (χ1) is 7.12. The number of hydrogen-bond donors (Lipinski definition) is 1. The van der Waals surface area contributed by atoms with Gasteiger partial charge in [0.15, 0.2) is 9.84 Å². The van der Waals surface area contributed by atoms with Crippen LogP contribution in [-0.4, -0.2) is 44.5 Å². The largest absolute Gasteiger partial charge is 0.315 e. The third-order valence-corrected chi connectivity index (χ3v) is 4.43. The molecule has 0 atom stereocenters. The van der Waals surface area contributed by atoms with Gasteiger partial charge in [-0.2, -0.15) is 0 Å². The van der Waals surface area contributed by atoms with Crippen LogP contribution in [0.3, 0.4) is 0 Å². The summed E-state index contributed by atoms with van der Waals surface area (Å²) in [5.41, 5.74) is 0. The number of sulfone groups is 1. The van der Waals surface area contributed by atoms with Gasteiger partial charge in [-0.15, -0.1) is 18.2 Å². The van der Waals surface area contributed by atoms with E-state index in [4.69, 9.17) is 6.42 Å². The first kappa shape index (κ1) is 14.8. The Bertz CT molecular complexity index is 280. The fourth-order valence-corrected chi connectivity index (χ4v) is 2.87. The van der Waals surface area contributed by atoms with Crippen LogP contribution in [-0.2, 0) is 9.84 Å². The minimum Gasteiger partial charge on any atom is -0.315 e. The summed E-state index contributed by atoms with van der Waals surface area (Å²) in [6, 6.07) is 0. The van der Waals surface area contributed by atoms with Crippen molar-refractivity contribution in [3.8, 4) is 12.3 Å². The lowest BCUT2D eigenvalue weighted by Crippen LogP contribution is -2.26. The summed E-state index contributed by atoms with van der Waals surface area (Å²) in [6.45, 7) is 3.23. The summed E-state index contributed by atoms with van der Waals surface area (Å²) in [7, 11) is -2.83. The molecule has 5 heteroatoms. The van der Waals surface area contributed by atoms with Crippen molar-refractivity contribution in [3.63, 3.8) is 0 Å². The molecule has 0 saturated heterocycles. The standard InChI is InChI=1S/C10H19NO2S2/c1-3-7-14-8-5-11-6-10-15(12,13)9-4-2/h1,11H,4-10H2,2H3. The Balaban J connectivity index is 3.35. The van der Waals surface area contributed by atoms with E-state index in [9.17, 15) is 8.42 Å². The van der Waals surface area contributed by atoms with Gasteiger partial charge in [-0.25, -0.2) is 8.42 Å². The molecule has 0 aromatic carbocycles. The van der Waals surface area contributed by atoms with E-state index < -0.39 is 9.84 Å². The van der Waals surface area contributed by atoms with Gasteiger partial charge in [0.1, 0.15) is 0 Å². The minimum absolute atomic E-state index is 0.237. The third-order valence-electron chi connectivity index (χ3n) is 1.71. The predicted molar refractivity (Wildman–Crippen MR) is 68.0 cm³/mol.